The number of unbranched alkanes of at least 4 members (excludes halogenated alkanes) is 8. The van der Waals surface area contributed by atoms with Crippen LogP contribution in [0.3, 0.4) is 0 Å². The second-order valence-electron chi connectivity index (χ2n) is 14.5. The molecule has 4 atom stereocenters. The maximum Gasteiger partial charge on any atom is 0.267 e. The zero-order valence-corrected chi connectivity index (χ0v) is 31.6. The Hall–Kier alpha value is 0.0847. The Morgan fingerprint density at radius 1 is 0.432 bits per heavy atom. The predicted octanol–water partition coefficient (Wildman–Crippen LogP) is 5.54. The Morgan fingerprint density at radius 3 is 1.25 bits per heavy atom. The van der Waals surface area contributed by atoms with Gasteiger partial charge in [-0.25, -0.2) is 0 Å². The van der Waals surface area contributed by atoms with Crippen molar-refractivity contribution in [1.82, 2.24) is 30.2 Å². The molecule has 256 valence electrons. The first kappa shape index (κ1) is 44.1. The molecule has 0 amide bonds. The molecule has 0 heterocycles. The van der Waals surface area contributed by atoms with Crippen LogP contribution < -0.4 is 20.9 Å². The summed E-state index contributed by atoms with van der Waals surface area (Å²) in [4.78, 5) is 0. The first-order valence-corrected chi connectivity index (χ1v) is 19.7. The summed E-state index contributed by atoms with van der Waals surface area (Å²) in [5.41, 5.74) is 0. The van der Waals surface area contributed by atoms with E-state index < -0.39 is 0 Å². The van der Waals surface area contributed by atoms with Gasteiger partial charge in [0.05, 0.1) is 0 Å². The number of rotatable bonds is 35. The van der Waals surface area contributed by atoms with E-state index in [-0.39, 0.29) is 0 Å². The van der Waals surface area contributed by atoms with E-state index in [1.165, 1.54) is 109 Å². The van der Waals surface area contributed by atoms with Crippen LogP contribution in [0.5, 0.6) is 0 Å². The van der Waals surface area contributed by atoms with E-state index in [0.717, 1.165) is 87.6 Å². The molecule has 0 radical (unpaired) electrons. The molecule has 0 aromatic heterocycles. The van der Waals surface area contributed by atoms with E-state index >= 15 is 0 Å². The molecule has 0 spiro atoms. The molecule has 0 aliphatic rings. The van der Waals surface area contributed by atoms with Crippen molar-refractivity contribution in [3.8, 4) is 0 Å². The first-order chi connectivity index (χ1) is 21.4. The molecule has 0 aliphatic heterocycles. The molecule has 11 heteroatoms. The van der Waals surface area contributed by atoms with Gasteiger partial charge >= 0.3 is 0 Å². The zero-order chi connectivity index (χ0) is 32.7. The summed E-state index contributed by atoms with van der Waals surface area (Å²) in [5.74, 6) is 3.00. The number of nitrogens with zero attached hydrogens (tertiary/aromatic N) is 2. The molecule has 44 heavy (non-hydrogen) atoms. The van der Waals surface area contributed by atoms with Gasteiger partial charge in [-0.2, -0.15) is 0 Å². The van der Waals surface area contributed by atoms with E-state index in [4.69, 9.17) is 0 Å². The average molecular weight is 614 g/mol. The normalized spacial score (nSPS) is 14.4. The highest BCUT2D eigenvalue weighted by Crippen LogP contribution is 2.13. The predicted molar refractivity (Wildman–Crippen MR) is 209 cm³/mol. The summed E-state index contributed by atoms with van der Waals surface area (Å²) in [5, 5.41) is 15.3. The highest BCUT2D eigenvalue weighted by atomic mass is 15.1. The zero-order valence-electron chi connectivity index (χ0n) is 31.6. The van der Waals surface area contributed by atoms with Crippen molar-refractivity contribution in [3.05, 3.63) is 0 Å². The maximum atomic E-state index is 3.88. The summed E-state index contributed by atoms with van der Waals surface area (Å²) < 4.78 is 5.17. The molecule has 0 aromatic carbocycles. The fourth-order valence-electron chi connectivity index (χ4n) is 6.20. The lowest BCUT2D eigenvalue weighted by Crippen LogP contribution is -2.59. The summed E-state index contributed by atoms with van der Waals surface area (Å²) in [6.45, 7) is 23.2. The largest absolute Gasteiger partial charge is 0.395 e. The van der Waals surface area contributed by atoms with E-state index in [0.29, 0.717) is 0 Å². The standard InChI is InChI=1S/C33H79B5N6/c1-9-14-17-20-24-32(8)28-41-36-44(37-42-29-33(13-5)25-21-18-15-10-2)38-43(34-39-26-30(6)22-12-4)35-40-27-31(7)23-19-16-11-3/h30-42H,9-29H2,1-8H3. The van der Waals surface area contributed by atoms with Crippen LogP contribution in [0, 0.1) is 23.7 Å². The van der Waals surface area contributed by atoms with Crippen LogP contribution in [-0.2, 0) is 0 Å². The van der Waals surface area contributed by atoms with Gasteiger partial charge in [0.15, 0.2) is 0 Å². The van der Waals surface area contributed by atoms with E-state index in [2.05, 4.69) is 85.6 Å². The van der Waals surface area contributed by atoms with Gasteiger partial charge < -0.3 is 30.2 Å². The first-order valence-electron chi connectivity index (χ1n) is 19.7. The number of nitrogens with one attached hydrogen (secondary N) is 4. The molecular formula is C33H79B5N6. The third kappa shape index (κ3) is 28.3. The molecule has 0 saturated heterocycles. The highest BCUT2D eigenvalue weighted by Gasteiger charge is 2.19. The van der Waals surface area contributed by atoms with Crippen LogP contribution in [0.2, 0.25) is 0 Å². The Kier molecular flexibility index (Phi) is 33.1. The molecular weight excluding hydrogens is 534 g/mol. The van der Waals surface area contributed by atoms with Gasteiger partial charge in [-0.3, -0.25) is 0 Å². The molecule has 0 aliphatic carbocycles. The van der Waals surface area contributed by atoms with Crippen LogP contribution in [0.1, 0.15) is 165 Å². The van der Waals surface area contributed by atoms with Crippen LogP contribution in [0.25, 0.3) is 0 Å². The smallest absolute Gasteiger partial charge is 0.267 e. The van der Waals surface area contributed by atoms with Gasteiger partial charge in [-0.05, 0) is 75.5 Å². The van der Waals surface area contributed by atoms with Crippen molar-refractivity contribution < 1.29 is 0 Å². The molecule has 0 aromatic rings. The van der Waals surface area contributed by atoms with Crippen LogP contribution in [0.15, 0.2) is 0 Å². The van der Waals surface area contributed by atoms with Crippen LogP contribution in [0.4, 0.5) is 0 Å². The van der Waals surface area contributed by atoms with Crippen LogP contribution in [-0.4, -0.2) is 73.2 Å². The lowest BCUT2D eigenvalue weighted by atomic mass is 9.72. The summed E-state index contributed by atoms with van der Waals surface area (Å²) in [6.07, 6.45) is 22.9. The topological polar surface area (TPSA) is 54.6 Å². The lowest BCUT2D eigenvalue weighted by Gasteiger charge is -2.30. The molecule has 4 N–H and O–H groups in total. The van der Waals surface area contributed by atoms with E-state index in [1.54, 1.807) is 0 Å². The Labute approximate surface area is 281 Å². The second kappa shape index (κ2) is 33.0. The van der Waals surface area contributed by atoms with E-state index in [1.807, 2.05) is 0 Å². The highest BCUT2D eigenvalue weighted by molar-refractivity contribution is 6.72. The van der Waals surface area contributed by atoms with Crippen molar-refractivity contribution in [2.24, 2.45) is 23.7 Å². The Morgan fingerprint density at radius 2 is 0.818 bits per heavy atom. The van der Waals surface area contributed by atoms with Gasteiger partial charge in [0.1, 0.15) is 0 Å². The van der Waals surface area contributed by atoms with Gasteiger partial charge in [0.25, 0.3) is 30.2 Å². The minimum absolute atomic E-state index is 0.731. The SMILES string of the molecule is CCCCCCC(C)CNBN(BNCC(CC)CCCCCC)BN(BNCC(C)CCC)BNCC(C)CCCCC. The monoisotopic (exact) mass is 615 g/mol. The Balaban J connectivity index is 5.14. The van der Waals surface area contributed by atoms with Gasteiger partial charge in [0, 0.05) is 0 Å². The Bertz CT molecular complexity index is 583. The minimum Gasteiger partial charge on any atom is -0.395 e. The van der Waals surface area contributed by atoms with Crippen molar-refractivity contribution in [3.63, 3.8) is 0 Å². The van der Waals surface area contributed by atoms with Crippen molar-refractivity contribution in [2.75, 3.05) is 26.2 Å². The molecule has 6 nitrogen and oxygen atoms in total. The van der Waals surface area contributed by atoms with Crippen molar-refractivity contribution in [1.29, 1.82) is 0 Å². The molecule has 4 unspecified atom stereocenters. The average Bonchev–Trinajstić information content (AvgIpc) is 3.00. The van der Waals surface area contributed by atoms with Crippen molar-refractivity contribution >= 4 is 37.7 Å². The van der Waals surface area contributed by atoms with Crippen molar-refractivity contribution in [2.45, 2.75) is 165 Å². The van der Waals surface area contributed by atoms with Crippen LogP contribution >= 0.6 is 0 Å². The van der Waals surface area contributed by atoms with Gasteiger partial charge in [-0.15, -0.1) is 0 Å². The molecule has 0 rings (SSSR count). The van der Waals surface area contributed by atoms with Gasteiger partial charge in [0.2, 0.25) is 7.55 Å². The van der Waals surface area contributed by atoms with E-state index in [9.17, 15) is 0 Å². The fourth-order valence-corrected chi connectivity index (χ4v) is 6.20. The molecule has 0 saturated carbocycles. The molecule has 0 bridgehead atoms. The quantitative estimate of drug-likeness (QED) is 0.0557. The third-order valence-electron chi connectivity index (χ3n) is 9.33. The number of hydrogen-bond acceptors (Lipinski definition) is 6. The summed E-state index contributed by atoms with van der Waals surface area (Å²) in [6, 6.07) is 0. The minimum atomic E-state index is 0.731. The fraction of sp³-hybridized carbons (Fsp3) is 1.00. The van der Waals surface area contributed by atoms with Gasteiger partial charge in [-0.1, -0.05) is 139 Å². The third-order valence-corrected chi connectivity index (χ3v) is 9.33. The lowest BCUT2D eigenvalue weighted by molar-refractivity contribution is 0.438. The summed E-state index contributed by atoms with van der Waals surface area (Å²) in [7, 11) is 4.72. The molecule has 0 fully saturated rings. The second-order valence-corrected chi connectivity index (χ2v) is 14.5. The number of hydrogen-bond donors (Lipinski definition) is 4. The summed E-state index contributed by atoms with van der Waals surface area (Å²) >= 11 is 0. The maximum absolute atomic E-state index is 3.88.